The van der Waals surface area contributed by atoms with Crippen molar-refractivity contribution in [2.45, 2.75) is 81.1 Å². The molecular weight excluding hydrogens is 416 g/mol. The highest BCUT2D eigenvalue weighted by Gasteiger charge is 2.56. The van der Waals surface area contributed by atoms with Gasteiger partial charge in [-0.3, -0.25) is 4.79 Å². The van der Waals surface area contributed by atoms with Gasteiger partial charge in [-0.05, 0) is 63.1 Å². The molecule has 2 saturated carbocycles. The molecule has 30 heavy (non-hydrogen) atoms. The van der Waals surface area contributed by atoms with Crippen LogP contribution < -0.4 is 0 Å². The molecule has 2 aliphatic rings. The van der Waals surface area contributed by atoms with Crippen LogP contribution in [0.15, 0.2) is 24.3 Å². The summed E-state index contributed by atoms with van der Waals surface area (Å²) >= 11 is 0. The molecule has 1 atom stereocenters. The Kier molecular flexibility index (Phi) is 5.64. The fraction of sp³-hybridized carbons (Fsp3) is 0.650. The maximum absolute atomic E-state index is 13.0. The van der Waals surface area contributed by atoms with Crippen molar-refractivity contribution in [2.75, 3.05) is 0 Å². The van der Waals surface area contributed by atoms with Crippen molar-refractivity contribution in [1.29, 1.82) is 0 Å². The second-order valence-electron chi connectivity index (χ2n) is 8.35. The number of benzene rings is 1. The summed E-state index contributed by atoms with van der Waals surface area (Å²) in [6, 6.07) is 3.80. The Morgan fingerprint density at radius 2 is 1.43 bits per heavy atom. The van der Waals surface area contributed by atoms with Gasteiger partial charge in [-0.25, -0.2) is 0 Å². The summed E-state index contributed by atoms with van der Waals surface area (Å²) in [5, 5.41) is 19.6. The summed E-state index contributed by atoms with van der Waals surface area (Å²) in [5.41, 5.74) is -6.15. The fourth-order valence-corrected chi connectivity index (χ4v) is 3.87. The van der Waals surface area contributed by atoms with Gasteiger partial charge in [-0.15, -0.1) is 0 Å². The normalized spacial score (nSPS) is 27.4. The van der Waals surface area contributed by atoms with Crippen molar-refractivity contribution in [3.8, 4) is 0 Å². The van der Waals surface area contributed by atoms with E-state index in [0.717, 1.165) is 12.1 Å². The quantitative estimate of drug-likeness (QED) is 0.688. The molecule has 2 fully saturated rings. The molecule has 3 rings (SSSR count). The molecule has 1 aromatic rings. The van der Waals surface area contributed by atoms with Gasteiger partial charge in [0.05, 0.1) is 0 Å². The van der Waals surface area contributed by atoms with Crippen molar-refractivity contribution in [3.63, 3.8) is 0 Å². The SMILES string of the molecule is C[C@](O)(c1ccc(C(=O)N(C2CC2)[C@H]2CC[C@@](O)(C(F)(F)F)CC2)cc1)C(F)(F)F. The van der Waals surface area contributed by atoms with Crippen molar-refractivity contribution in [3.05, 3.63) is 35.4 Å². The first-order valence-electron chi connectivity index (χ1n) is 9.69. The number of amides is 1. The molecule has 0 radical (unpaired) electrons. The molecule has 0 heterocycles. The zero-order valence-corrected chi connectivity index (χ0v) is 16.2. The van der Waals surface area contributed by atoms with E-state index in [1.165, 1.54) is 17.0 Å². The van der Waals surface area contributed by atoms with Crippen LogP contribution in [-0.2, 0) is 5.60 Å². The monoisotopic (exact) mass is 439 g/mol. The summed E-state index contributed by atoms with van der Waals surface area (Å²) in [6.45, 7) is 0.615. The van der Waals surface area contributed by atoms with E-state index in [2.05, 4.69) is 0 Å². The van der Waals surface area contributed by atoms with Gasteiger partial charge in [0.25, 0.3) is 5.91 Å². The predicted molar refractivity (Wildman–Crippen MR) is 94.5 cm³/mol. The largest absolute Gasteiger partial charge is 0.421 e. The van der Waals surface area contributed by atoms with Crippen LogP contribution in [0.5, 0.6) is 0 Å². The van der Waals surface area contributed by atoms with Crippen LogP contribution in [0.4, 0.5) is 26.3 Å². The van der Waals surface area contributed by atoms with Gasteiger partial charge in [0.1, 0.15) is 0 Å². The standard InChI is InChI=1S/C20H23F6NO3/c1-17(29,19(21,22)23)13-4-2-12(3-5-13)16(28)27(14-6-7-14)15-8-10-18(30,11-9-15)20(24,25)26/h2-5,14-15,29-30H,6-11H2,1H3/t15-,17-,18-/m0/s1. The number of aliphatic hydroxyl groups is 2. The number of rotatable bonds is 4. The number of carbonyl (C=O) groups is 1. The molecule has 168 valence electrons. The van der Waals surface area contributed by atoms with Crippen molar-refractivity contribution in [1.82, 2.24) is 4.90 Å². The molecule has 2 N–H and O–H groups in total. The van der Waals surface area contributed by atoms with E-state index in [4.69, 9.17) is 0 Å². The summed E-state index contributed by atoms with van der Waals surface area (Å²) in [4.78, 5) is 14.5. The minimum absolute atomic E-state index is 0.0148. The smallest absolute Gasteiger partial charge is 0.380 e. The molecule has 1 amide bonds. The Balaban J connectivity index is 1.76. The van der Waals surface area contributed by atoms with Crippen molar-refractivity contribution in [2.24, 2.45) is 0 Å². The second-order valence-corrected chi connectivity index (χ2v) is 8.35. The first kappa shape index (κ1) is 22.9. The van der Waals surface area contributed by atoms with Gasteiger partial charge in [0.15, 0.2) is 11.2 Å². The van der Waals surface area contributed by atoms with Crippen LogP contribution in [0.25, 0.3) is 0 Å². The summed E-state index contributed by atoms with van der Waals surface area (Å²) < 4.78 is 78.1. The van der Waals surface area contributed by atoms with Gasteiger partial charge < -0.3 is 15.1 Å². The minimum Gasteiger partial charge on any atom is -0.380 e. The third-order valence-electron chi connectivity index (χ3n) is 6.12. The average molecular weight is 439 g/mol. The Morgan fingerprint density at radius 1 is 0.967 bits per heavy atom. The molecule has 10 heteroatoms. The predicted octanol–water partition coefficient (Wildman–Crippen LogP) is 4.30. The Morgan fingerprint density at radius 3 is 1.83 bits per heavy atom. The summed E-state index contributed by atoms with van der Waals surface area (Å²) in [7, 11) is 0. The number of carbonyl (C=O) groups excluding carboxylic acids is 1. The van der Waals surface area contributed by atoms with Gasteiger partial charge in [0, 0.05) is 17.6 Å². The van der Waals surface area contributed by atoms with E-state index < -0.39 is 53.9 Å². The lowest BCUT2D eigenvalue weighted by molar-refractivity contribution is -0.271. The van der Waals surface area contributed by atoms with Crippen molar-refractivity contribution >= 4 is 5.91 Å². The zero-order chi connectivity index (χ0) is 22.5. The lowest BCUT2D eigenvalue weighted by Crippen LogP contribution is -2.52. The van der Waals surface area contributed by atoms with Gasteiger partial charge in [-0.1, -0.05) is 12.1 Å². The van der Waals surface area contributed by atoms with E-state index in [-0.39, 0.29) is 24.4 Å². The lowest BCUT2D eigenvalue weighted by atomic mass is 9.81. The molecule has 0 bridgehead atoms. The highest BCUT2D eigenvalue weighted by atomic mass is 19.4. The Labute approximate surface area is 169 Å². The van der Waals surface area contributed by atoms with Crippen LogP contribution in [-0.4, -0.2) is 51.1 Å². The van der Waals surface area contributed by atoms with E-state index >= 15 is 0 Å². The lowest BCUT2D eigenvalue weighted by Gasteiger charge is -2.41. The van der Waals surface area contributed by atoms with Crippen LogP contribution in [0.2, 0.25) is 0 Å². The van der Waals surface area contributed by atoms with Gasteiger partial charge in [-0.2, -0.15) is 26.3 Å². The number of halogens is 6. The summed E-state index contributed by atoms with van der Waals surface area (Å²) in [5.74, 6) is -0.474. The number of hydrogen-bond donors (Lipinski definition) is 2. The van der Waals surface area contributed by atoms with E-state index in [0.29, 0.717) is 19.8 Å². The van der Waals surface area contributed by atoms with Crippen LogP contribution in [0.1, 0.15) is 61.4 Å². The van der Waals surface area contributed by atoms with E-state index in [1.807, 2.05) is 0 Å². The van der Waals surface area contributed by atoms with Crippen LogP contribution in [0.3, 0.4) is 0 Å². The number of alkyl halides is 6. The molecule has 1 aromatic carbocycles. The number of nitrogens with zero attached hydrogens (tertiary/aromatic N) is 1. The molecule has 0 saturated heterocycles. The van der Waals surface area contributed by atoms with Gasteiger partial charge >= 0.3 is 12.4 Å². The first-order chi connectivity index (χ1) is 13.7. The second kappa shape index (κ2) is 7.40. The molecule has 2 aliphatic carbocycles. The molecule has 4 nitrogen and oxygen atoms in total. The molecular formula is C20H23F6NO3. The first-order valence-corrected chi connectivity index (χ1v) is 9.69. The summed E-state index contributed by atoms with van der Waals surface area (Å²) in [6.07, 6.45) is -9.28. The van der Waals surface area contributed by atoms with Gasteiger partial charge in [0.2, 0.25) is 0 Å². The Hall–Kier alpha value is -1.81. The third kappa shape index (κ3) is 4.16. The average Bonchev–Trinajstić information content (AvgIpc) is 3.47. The van der Waals surface area contributed by atoms with E-state index in [1.54, 1.807) is 0 Å². The fourth-order valence-electron chi connectivity index (χ4n) is 3.87. The third-order valence-corrected chi connectivity index (χ3v) is 6.12. The molecule has 0 spiro atoms. The molecule has 0 aliphatic heterocycles. The topological polar surface area (TPSA) is 60.8 Å². The Bertz CT molecular complexity index is 775. The highest BCUT2D eigenvalue weighted by Crippen LogP contribution is 2.44. The number of hydrogen-bond acceptors (Lipinski definition) is 3. The maximum Gasteiger partial charge on any atom is 0.421 e. The van der Waals surface area contributed by atoms with Crippen LogP contribution >= 0.6 is 0 Å². The maximum atomic E-state index is 13.0. The van der Waals surface area contributed by atoms with E-state index in [9.17, 15) is 41.4 Å². The molecule has 0 aromatic heterocycles. The highest BCUT2D eigenvalue weighted by molar-refractivity contribution is 5.95. The minimum atomic E-state index is -4.89. The zero-order valence-electron chi connectivity index (χ0n) is 16.2. The molecule has 0 unspecified atom stereocenters. The van der Waals surface area contributed by atoms with Crippen molar-refractivity contribution < 1.29 is 41.4 Å². The van der Waals surface area contributed by atoms with Crippen LogP contribution in [0, 0.1) is 0 Å².